The van der Waals surface area contributed by atoms with Crippen molar-refractivity contribution in [2.24, 2.45) is 0 Å². The Morgan fingerprint density at radius 3 is 0.968 bits per heavy atom. The van der Waals surface area contributed by atoms with Gasteiger partial charge in [0.15, 0.2) is 0 Å². The van der Waals surface area contributed by atoms with Crippen LogP contribution in [0, 0.1) is 0 Å². The summed E-state index contributed by atoms with van der Waals surface area (Å²) in [6.07, 6.45) is 4.20. The number of fused-ring (bicyclic) bond motifs is 10. The molecule has 2 heterocycles. The molecule has 0 aliphatic rings. The SMILES string of the molecule is c1ccc2cc(-c3c4ccccc4c(-c4ccc(-c5c6ccccc6c(-c6ccc7ccccc7c6)c6c5cnc5ccccc56)cc4)c4cnc5ccccc5c34)ccc2c1. The molecule has 0 saturated heterocycles. The minimum Gasteiger partial charge on any atom is -0.256 e. The maximum Gasteiger partial charge on any atom is 0.0708 e. The topological polar surface area (TPSA) is 25.8 Å². The largest absolute Gasteiger partial charge is 0.256 e. The molecule has 0 unspecified atom stereocenters. The number of nitrogens with zero attached hydrogens (tertiary/aromatic N) is 2. The molecule has 0 saturated carbocycles. The van der Waals surface area contributed by atoms with Gasteiger partial charge in [-0.3, -0.25) is 9.97 Å². The van der Waals surface area contributed by atoms with E-state index in [1.165, 1.54) is 87.2 Å². The average molecular weight is 785 g/mol. The van der Waals surface area contributed by atoms with Crippen molar-refractivity contribution in [1.82, 2.24) is 9.97 Å². The molecule has 0 bridgehead atoms. The van der Waals surface area contributed by atoms with Crippen molar-refractivity contribution in [2.75, 3.05) is 0 Å². The highest BCUT2D eigenvalue weighted by atomic mass is 14.7. The summed E-state index contributed by atoms with van der Waals surface area (Å²) >= 11 is 0. The van der Waals surface area contributed by atoms with Crippen LogP contribution in [0.25, 0.3) is 131 Å². The Morgan fingerprint density at radius 1 is 0.226 bits per heavy atom. The third kappa shape index (κ3) is 5.23. The van der Waals surface area contributed by atoms with Crippen LogP contribution in [0.1, 0.15) is 0 Å². The number of benzene rings is 11. The Morgan fingerprint density at radius 2 is 0.548 bits per heavy atom. The van der Waals surface area contributed by atoms with E-state index in [-0.39, 0.29) is 0 Å². The Balaban J connectivity index is 1.07. The highest BCUT2D eigenvalue weighted by molar-refractivity contribution is 6.29. The predicted molar refractivity (Wildman–Crippen MR) is 264 cm³/mol. The molecule has 2 aromatic heterocycles. The van der Waals surface area contributed by atoms with Gasteiger partial charge in [0.2, 0.25) is 0 Å². The summed E-state index contributed by atoms with van der Waals surface area (Å²) in [6, 6.07) is 75.2. The normalized spacial score (nSPS) is 11.9. The summed E-state index contributed by atoms with van der Waals surface area (Å²) in [5.74, 6) is 0. The fraction of sp³-hybridized carbons (Fsp3) is 0. The summed E-state index contributed by atoms with van der Waals surface area (Å²) in [5.41, 5.74) is 11.6. The van der Waals surface area contributed by atoms with Gasteiger partial charge in [-0.05, 0) is 112 Å². The molecule has 0 N–H and O–H groups in total. The molecule has 0 aliphatic heterocycles. The second kappa shape index (κ2) is 13.7. The van der Waals surface area contributed by atoms with E-state index < -0.39 is 0 Å². The summed E-state index contributed by atoms with van der Waals surface area (Å²) in [6.45, 7) is 0. The first-order valence-electron chi connectivity index (χ1n) is 21.3. The fourth-order valence-electron chi connectivity index (χ4n) is 10.3. The first kappa shape index (κ1) is 34.6. The molecule has 2 heteroatoms. The van der Waals surface area contributed by atoms with Crippen molar-refractivity contribution in [3.63, 3.8) is 0 Å². The van der Waals surface area contributed by atoms with Crippen LogP contribution < -0.4 is 0 Å². The van der Waals surface area contributed by atoms with Crippen molar-refractivity contribution in [2.45, 2.75) is 0 Å². The third-order valence-corrected chi connectivity index (χ3v) is 13.1. The van der Waals surface area contributed by atoms with Crippen molar-refractivity contribution in [3.8, 4) is 44.5 Å². The lowest BCUT2D eigenvalue weighted by molar-refractivity contribution is 1.44. The first-order chi connectivity index (χ1) is 30.8. The number of aromatic nitrogens is 2. The maximum absolute atomic E-state index is 5.09. The van der Waals surface area contributed by atoms with Crippen LogP contribution in [0.4, 0.5) is 0 Å². The van der Waals surface area contributed by atoms with Gasteiger partial charge in [0.05, 0.1) is 11.0 Å². The van der Waals surface area contributed by atoms with Crippen LogP contribution >= 0.6 is 0 Å². The summed E-state index contributed by atoms with van der Waals surface area (Å²) in [7, 11) is 0. The van der Waals surface area contributed by atoms with E-state index in [0.29, 0.717) is 0 Å². The second-order valence-electron chi connectivity index (χ2n) is 16.4. The second-order valence-corrected chi connectivity index (χ2v) is 16.4. The zero-order valence-electron chi connectivity index (χ0n) is 33.7. The molecule has 62 heavy (non-hydrogen) atoms. The van der Waals surface area contributed by atoms with E-state index in [1.807, 2.05) is 0 Å². The Hall–Kier alpha value is -8.20. The lowest BCUT2D eigenvalue weighted by Gasteiger charge is -2.20. The van der Waals surface area contributed by atoms with Crippen LogP contribution in [0.2, 0.25) is 0 Å². The Bertz CT molecular complexity index is 3710. The molecule has 13 rings (SSSR count). The quantitative estimate of drug-likeness (QED) is 0.131. The van der Waals surface area contributed by atoms with Crippen LogP contribution in [-0.4, -0.2) is 9.97 Å². The monoisotopic (exact) mass is 784 g/mol. The molecule has 0 radical (unpaired) electrons. The fourth-order valence-corrected chi connectivity index (χ4v) is 10.3. The summed E-state index contributed by atoms with van der Waals surface area (Å²) < 4.78 is 0. The van der Waals surface area contributed by atoms with Gasteiger partial charge in [-0.25, -0.2) is 0 Å². The Labute approximate surface area is 358 Å². The standard InChI is InChI=1S/C60H36N2/c1-3-15-41-33-43(31-25-37(41)13-1)57-47-19-7-5-17-45(47)55(51-35-61-53-23-11-9-21-49(53)59(51)57)39-27-29-40(30-28-39)56-46-18-6-8-20-48(46)58(44-32-26-38-14-2-4-16-42(38)34-44)60-50-22-10-12-24-54(50)62-36-52(56)60/h1-36H. The van der Waals surface area contributed by atoms with E-state index in [1.54, 1.807) is 0 Å². The van der Waals surface area contributed by atoms with E-state index in [4.69, 9.17) is 9.97 Å². The van der Waals surface area contributed by atoms with Gasteiger partial charge in [0.25, 0.3) is 0 Å². The highest BCUT2D eigenvalue weighted by Crippen LogP contribution is 2.49. The smallest absolute Gasteiger partial charge is 0.0708 e. The van der Waals surface area contributed by atoms with E-state index in [2.05, 4.69) is 219 Å². The molecule has 2 nitrogen and oxygen atoms in total. The molecule has 0 aliphatic carbocycles. The Kier molecular flexibility index (Phi) is 7.64. The van der Waals surface area contributed by atoms with Crippen molar-refractivity contribution >= 4 is 86.4 Å². The minimum atomic E-state index is 0.991. The van der Waals surface area contributed by atoms with Crippen molar-refractivity contribution < 1.29 is 0 Å². The molecule has 13 aromatic rings. The molecular weight excluding hydrogens is 749 g/mol. The number of pyridine rings is 2. The number of hydrogen-bond donors (Lipinski definition) is 0. The van der Waals surface area contributed by atoms with E-state index >= 15 is 0 Å². The molecule has 0 amide bonds. The summed E-state index contributed by atoms with van der Waals surface area (Å²) in [4.78, 5) is 10.2. The zero-order chi connectivity index (χ0) is 40.7. The molecule has 286 valence electrons. The molecule has 0 fully saturated rings. The average Bonchev–Trinajstić information content (AvgIpc) is 3.34. The van der Waals surface area contributed by atoms with Crippen LogP contribution in [0.15, 0.2) is 219 Å². The predicted octanol–water partition coefficient (Wildman–Crippen LogP) is 16.4. The summed E-state index contributed by atoms with van der Waals surface area (Å²) in [5, 5.41) is 16.8. The van der Waals surface area contributed by atoms with Gasteiger partial charge in [-0.1, -0.05) is 182 Å². The zero-order valence-corrected chi connectivity index (χ0v) is 33.7. The number of hydrogen-bond acceptors (Lipinski definition) is 2. The maximum atomic E-state index is 5.09. The van der Waals surface area contributed by atoms with Gasteiger partial charge >= 0.3 is 0 Å². The number of para-hydroxylation sites is 2. The van der Waals surface area contributed by atoms with Crippen molar-refractivity contribution in [1.29, 1.82) is 0 Å². The minimum absolute atomic E-state index is 0.991. The van der Waals surface area contributed by atoms with Gasteiger partial charge < -0.3 is 0 Å². The van der Waals surface area contributed by atoms with Crippen LogP contribution in [-0.2, 0) is 0 Å². The van der Waals surface area contributed by atoms with Crippen LogP contribution in [0.3, 0.4) is 0 Å². The third-order valence-electron chi connectivity index (χ3n) is 13.1. The van der Waals surface area contributed by atoms with Gasteiger partial charge in [0.1, 0.15) is 0 Å². The van der Waals surface area contributed by atoms with Crippen LogP contribution in [0.5, 0.6) is 0 Å². The lowest BCUT2D eigenvalue weighted by atomic mass is 9.83. The van der Waals surface area contributed by atoms with E-state index in [0.717, 1.165) is 43.7 Å². The van der Waals surface area contributed by atoms with Crippen molar-refractivity contribution in [3.05, 3.63) is 219 Å². The molecule has 0 spiro atoms. The molecule has 11 aromatic carbocycles. The lowest BCUT2D eigenvalue weighted by Crippen LogP contribution is -1.94. The van der Waals surface area contributed by atoms with Gasteiger partial charge in [-0.15, -0.1) is 0 Å². The van der Waals surface area contributed by atoms with Gasteiger partial charge in [0, 0.05) is 44.7 Å². The first-order valence-corrected chi connectivity index (χ1v) is 21.3. The highest BCUT2D eigenvalue weighted by Gasteiger charge is 2.22. The number of rotatable bonds is 4. The molecule has 0 atom stereocenters. The van der Waals surface area contributed by atoms with E-state index in [9.17, 15) is 0 Å². The molecular formula is C60H36N2. The van der Waals surface area contributed by atoms with Gasteiger partial charge in [-0.2, -0.15) is 0 Å².